The zero-order chi connectivity index (χ0) is 14.5. The zero-order valence-electron chi connectivity index (χ0n) is 12.6. The number of hydrogen-bond donors (Lipinski definition) is 2. The Bertz CT molecular complexity index is 573. The molecule has 2 heteroatoms. The van der Waals surface area contributed by atoms with E-state index < -0.39 is 0 Å². The van der Waals surface area contributed by atoms with E-state index in [0.29, 0.717) is 6.04 Å². The minimum atomic E-state index is 0.0534. The highest BCUT2D eigenvalue weighted by atomic mass is 16.3. The molecule has 112 valence electrons. The molecule has 2 aromatic carbocycles. The molecule has 2 aromatic rings. The van der Waals surface area contributed by atoms with Crippen LogP contribution in [0.1, 0.15) is 50.1 Å². The smallest absolute Gasteiger partial charge is 0.0626 e. The molecule has 0 amide bonds. The normalized spacial score (nSPS) is 18.5. The molecule has 2 N–H and O–H groups in total. The molecular formula is C19H25NO. The van der Waals surface area contributed by atoms with E-state index in [2.05, 4.69) is 47.8 Å². The zero-order valence-corrected chi connectivity index (χ0v) is 12.6. The Labute approximate surface area is 127 Å². The second-order valence-corrected chi connectivity index (χ2v) is 6.20. The van der Waals surface area contributed by atoms with Gasteiger partial charge in [0.25, 0.3) is 0 Å². The lowest BCUT2D eigenvalue weighted by Crippen LogP contribution is -2.34. The summed E-state index contributed by atoms with van der Waals surface area (Å²) in [7, 11) is 0. The molecule has 0 spiro atoms. The third-order valence-corrected chi connectivity index (χ3v) is 4.65. The molecule has 2 nitrogen and oxygen atoms in total. The first-order valence-electron chi connectivity index (χ1n) is 8.22. The summed E-state index contributed by atoms with van der Waals surface area (Å²) in [5.41, 5.74) is 1.19. The predicted octanol–water partition coefficient (Wildman–Crippen LogP) is 4.19. The summed E-state index contributed by atoms with van der Waals surface area (Å²) in [5.74, 6) is 0. The number of hydrogen-bond acceptors (Lipinski definition) is 2. The molecule has 1 atom stereocenters. The van der Waals surface area contributed by atoms with Crippen LogP contribution in [0.5, 0.6) is 0 Å². The molecule has 0 radical (unpaired) electrons. The van der Waals surface area contributed by atoms with Gasteiger partial charge in [0.1, 0.15) is 0 Å². The van der Waals surface area contributed by atoms with Crippen molar-refractivity contribution in [1.29, 1.82) is 0 Å². The van der Waals surface area contributed by atoms with Gasteiger partial charge in [-0.15, -0.1) is 0 Å². The van der Waals surface area contributed by atoms with E-state index in [4.69, 9.17) is 0 Å². The molecule has 1 fully saturated rings. The Morgan fingerprint density at radius 2 is 1.67 bits per heavy atom. The summed E-state index contributed by atoms with van der Waals surface area (Å²) < 4.78 is 0. The maximum atomic E-state index is 9.79. The standard InChI is InChI=1S/C19H25NO/c21-14-19(20-18-9-3-1-2-4-10-18)17-12-11-15-7-5-6-8-16(15)13-17/h5-8,11-13,18-21H,1-4,9-10,14H2. The lowest BCUT2D eigenvalue weighted by atomic mass is 10.00. The molecule has 21 heavy (non-hydrogen) atoms. The van der Waals surface area contributed by atoms with Crippen LogP contribution >= 0.6 is 0 Å². The molecule has 0 saturated heterocycles. The van der Waals surface area contributed by atoms with Crippen LogP contribution in [-0.4, -0.2) is 17.8 Å². The topological polar surface area (TPSA) is 32.3 Å². The number of benzene rings is 2. The van der Waals surface area contributed by atoms with E-state index in [1.54, 1.807) is 0 Å². The number of fused-ring (bicyclic) bond motifs is 1. The third kappa shape index (κ3) is 3.63. The summed E-state index contributed by atoms with van der Waals surface area (Å²) in [5, 5.41) is 16.0. The van der Waals surface area contributed by atoms with Crippen molar-refractivity contribution in [1.82, 2.24) is 5.32 Å². The van der Waals surface area contributed by atoms with Crippen molar-refractivity contribution in [3.8, 4) is 0 Å². The van der Waals surface area contributed by atoms with E-state index in [-0.39, 0.29) is 12.6 Å². The van der Waals surface area contributed by atoms with Gasteiger partial charge >= 0.3 is 0 Å². The second kappa shape index (κ2) is 7.06. The maximum Gasteiger partial charge on any atom is 0.0626 e. The summed E-state index contributed by atoms with van der Waals surface area (Å²) in [6.07, 6.45) is 7.82. The van der Waals surface area contributed by atoms with Crippen LogP contribution in [0.25, 0.3) is 10.8 Å². The average molecular weight is 283 g/mol. The number of aliphatic hydroxyl groups is 1. The average Bonchev–Trinajstić information content (AvgIpc) is 2.81. The number of nitrogens with one attached hydrogen (secondary N) is 1. The number of rotatable bonds is 4. The van der Waals surface area contributed by atoms with Gasteiger partial charge in [-0.3, -0.25) is 0 Å². The summed E-state index contributed by atoms with van der Waals surface area (Å²) in [6.45, 7) is 0.162. The van der Waals surface area contributed by atoms with Crippen LogP contribution in [0, 0.1) is 0 Å². The Morgan fingerprint density at radius 3 is 2.38 bits per heavy atom. The largest absolute Gasteiger partial charge is 0.394 e. The fourth-order valence-electron chi connectivity index (χ4n) is 3.41. The maximum absolute atomic E-state index is 9.79. The molecule has 3 rings (SSSR count). The molecule has 1 aliphatic carbocycles. The lowest BCUT2D eigenvalue weighted by molar-refractivity contribution is 0.228. The molecular weight excluding hydrogens is 258 g/mol. The fourth-order valence-corrected chi connectivity index (χ4v) is 3.41. The van der Waals surface area contributed by atoms with Gasteiger partial charge in [-0.1, -0.05) is 62.1 Å². The van der Waals surface area contributed by atoms with E-state index in [9.17, 15) is 5.11 Å². The van der Waals surface area contributed by atoms with E-state index in [1.807, 2.05) is 0 Å². The molecule has 0 aliphatic heterocycles. The van der Waals surface area contributed by atoms with Gasteiger partial charge in [-0.25, -0.2) is 0 Å². The van der Waals surface area contributed by atoms with Crippen molar-refractivity contribution >= 4 is 10.8 Å². The van der Waals surface area contributed by atoms with Gasteiger partial charge in [0.05, 0.1) is 12.6 Å². The van der Waals surface area contributed by atoms with Crippen molar-refractivity contribution < 1.29 is 5.11 Å². The quantitative estimate of drug-likeness (QED) is 0.825. The van der Waals surface area contributed by atoms with Crippen molar-refractivity contribution in [3.63, 3.8) is 0 Å². The third-order valence-electron chi connectivity index (χ3n) is 4.65. The van der Waals surface area contributed by atoms with Crippen LogP contribution < -0.4 is 5.32 Å². The fraction of sp³-hybridized carbons (Fsp3) is 0.474. The van der Waals surface area contributed by atoms with Crippen LogP contribution in [0.3, 0.4) is 0 Å². The van der Waals surface area contributed by atoms with Gasteiger partial charge in [-0.2, -0.15) is 0 Å². The van der Waals surface area contributed by atoms with Gasteiger partial charge in [-0.05, 0) is 35.2 Å². The first-order chi connectivity index (χ1) is 10.4. The minimum Gasteiger partial charge on any atom is -0.394 e. The van der Waals surface area contributed by atoms with E-state index in [1.165, 1.54) is 54.9 Å². The summed E-state index contributed by atoms with van der Waals surface area (Å²) >= 11 is 0. The summed E-state index contributed by atoms with van der Waals surface area (Å²) in [4.78, 5) is 0. The highest BCUT2D eigenvalue weighted by Gasteiger charge is 2.18. The SMILES string of the molecule is OCC(NC1CCCCCC1)c1ccc2ccccc2c1. The van der Waals surface area contributed by atoms with Gasteiger partial charge < -0.3 is 10.4 Å². The Hall–Kier alpha value is -1.38. The van der Waals surface area contributed by atoms with E-state index >= 15 is 0 Å². The molecule has 1 saturated carbocycles. The molecule has 0 heterocycles. The van der Waals surface area contributed by atoms with Crippen molar-refractivity contribution in [2.24, 2.45) is 0 Å². The van der Waals surface area contributed by atoms with Crippen LogP contribution in [0.4, 0.5) is 0 Å². The van der Waals surface area contributed by atoms with E-state index in [0.717, 1.165) is 0 Å². The van der Waals surface area contributed by atoms with Crippen molar-refractivity contribution in [2.75, 3.05) is 6.61 Å². The monoisotopic (exact) mass is 283 g/mol. The molecule has 1 aliphatic rings. The Kier molecular flexibility index (Phi) is 4.89. The van der Waals surface area contributed by atoms with Gasteiger partial charge in [0.15, 0.2) is 0 Å². The Morgan fingerprint density at radius 1 is 0.952 bits per heavy atom. The highest BCUT2D eigenvalue weighted by molar-refractivity contribution is 5.83. The van der Waals surface area contributed by atoms with Crippen molar-refractivity contribution in [2.45, 2.75) is 50.6 Å². The van der Waals surface area contributed by atoms with Crippen LogP contribution in [0.2, 0.25) is 0 Å². The minimum absolute atomic E-state index is 0.0534. The van der Waals surface area contributed by atoms with Crippen molar-refractivity contribution in [3.05, 3.63) is 48.0 Å². The van der Waals surface area contributed by atoms with Gasteiger partial charge in [0, 0.05) is 6.04 Å². The molecule has 0 bridgehead atoms. The molecule has 0 aromatic heterocycles. The lowest BCUT2D eigenvalue weighted by Gasteiger charge is -2.24. The summed E-state index contributed by atoms with van der Waals surface area (Å²) in [6, 6.07) is 15.5. The van der Waals surface area contributed by atoms with Crippen LogP contribution in [0.15, 0.2) is 42.5 Å². The predicted molar refractivity (Wildman–Crippen MR) is 88.4 cm³/mol. The first-order valence-corrected chi connectivity index (χ1v) is 8.22. The highest BCUT2D eigenvalue weighted by Crippen LogP contribution is 2.23. The second-order valence-electron chi connectivity index (χ2n) is 6.20. The van der Waals surface area contributed by atoms with Gasteiger partial charge in [0.2, 0.25) is 0 Å². The molecule has 1 unspecified atom stereocenters. The number of aliphatic hydroxyl groups excluding tert-OH is 1. The Balaban J connectivity index is 1.77. The first kappa shape index (κ1) is 14.6. The van der Waals surface area contributed by atoms with Crippen LogP contribution in [-0.2, 0) is 0 Å².